The Morgan fingerprint density at radius 1 is 1.07 bits per heavy atom. The summed E-state index contributed by atoms with van der Waals surface area (Å²) >= 11 is 0. The van der Waals surface area contributed by atoms with E-state index in [1.54, 1.807) is 59.4 Å². The van der Waals surface area contributed by atoms with E-state index in [4.69, 9.17) is 4.74 Å². The largest absolute Gasteiger partial charge is 0.497 e. The highest BCUT2D eigenvalue weighted by Crippen LogP contribution is 2.25. The van der Waals surface area contributed by atoms with E-state index in [0.717, 1.165) is 12.8 Å². The van der Waals surface area contributed by atoms with E-state index < -0.39 is 0 Å². The third kappa shape index (κ3) is 4.01. The van der Waals surface area contributed by atoms with Crippen LogP contribution in [0.5, 0.6) is 5.75 Å². The number of nitrogens with zero attached hydrogens (tertiary/aromatic N) is 2. The number of benzene rings is 2. The van der Waals surface area contributed by atoms with Crippen LogP contribution in [0.4, 0.5) is 10.5 Å². The van der Waals surface area contributed by atoms with Crippen molar-refractivity contribution in [3.63, 3.8) is 0 Å². The van der Waals surface area contributed by atoms with Gasteiger partial charge in [0.25, 0.3) is 5.91 Å². The van der Waals surface area contributed by atoms with Crippen LogP contribution in [0.1, 0.15) is 33.6 Å². The highest BCUT2D eigenvalue weighted by molar-refractivity contribution is 6.00. The lowest BCUT2D eigenvalue weighted by Gasteiger charge is -2.32. The number of methoxy groups -OCH3 is 1. The van der Waals surface area contributed by atoms with Crippen molar-refractivity contribution in [3.05, 3.63) is 59.7 Å². The second kappa shape index (κ2) is 8.57. The molecular weight excluding hydrogens is 382 g/mol. The molecule has 3 amide bonds. The Hall–Kier alpha value is -3.35. The van der Waals surface area contributed by atoms with E-state index in [1.165, 1.54) is 0 Å². The Balaban J connectivity index is 1.48. The molecule has 1 atom stereocenters. The van der Waals surface area contributed by atoms with E-state index in [0.29, 0.717) is 48.7 Å². The van der Waals surface area contributed by atoms with Crippen molar-refractivity contribution >= 4 is 23.4 Å². The smallest absolute Gasteiger partial charge is 0.321 e. The molecule has 2 saturated heterocycles. The average Bonchev–Trinajstić information content (AvgIpc) is 3.24. The monoisotopic (exact) mass is 407 g/mol. The van der Waals surface area contributed by atoms with Crippen molar-refractivity contribution in [1.82, 2.24) is 10.2 Å². The highest BCUT2D eigenvalue weighted by atomic mass is 16.5. The van der Waals surface area contributed by atoms with Crippen LogP contribution in [0, 0.1) is 5.92 Å². The fraction of sp³-hybridized carbons (Fsp3) is 0.348. The number of piperidine rings is 1. The second-order valence-corrected chi connectivity index (χ2v) is 7.62. The van der Waals surface area contributed by atoms with Crippen molar-refractivity contribution in [2.75, 3.05) is 38.2 Å². The molecule has 1 N–H and O–H groups in total. The molecule has 0 aromatic heterocycles. The summed E-state index contributed by atoms with van der Waals surface area (Å²) < 4.78 is 5.22. The van der Waals surface area contributed by atoms with Gasteiger partial charge in [-0.25, -0.2) is 4.79 Å². The summed E-state index contributed by atoms with van der Waals surface area (Å²) in [6.07, 6.45) is 1.54. The topological polar surface area (TPSA) is 79.0 Å². The Kier molecular flexibility index (Phi) is 5.70. The molecule has 0 saturated carbocycles. The number of nitrogens with one attached hydrogen (secondary N) is 1. The maximum absolute atomic E-state index is 13.1. The van der Waals surface area contributed by atoms with Crippen LogP contribution < -0.4 is 15.0 Å². The van der Waals surface area contributed by atoms with Gasteiger partial charge in [0.15, 0.2) is 5.78 Å². The minimum absolute atomic E-state index is 0.0360. The fourth-order valence-corrected chi connectivity index (χ4v) is 4.10. The summed E-state index contributed by atoms with van der Waals surface area (Å²) in [6.45, 7) is 2.19. The van der Waals surface area contributed by atoms with Gasteiger partial charge in [-0.15, -0.1) is 0 Å². The lowest BCUT2D eigenvalue weighted by Crippen LogP contribution is -2.42. The number of likely N-dealkylation sites (tertiary alicyclic amines) is 1. The first-order valence-corrected chi connectivity index (χ1v) is 10.2. The number of ether oxygens (including phenoxy) is 1. The van der Waals surface area contributed by atoms with E-state index >= 15 is 0 Å². The van der Waals surface area contributed by atoms with Gasteiger partial charge in [-0.05, 0) is 43.2 Å². The zero-order valence-corrected chi connectivity index (χ0v) is 17.0. The first-order valence-electron chi connectivity index (χ1n) is 10.2. The van der Waals surface area contributed by atoms with Crippen molar-refractivity contribution in [2.24, 2.45) is 5.92 Å². The highest BCUT2D eigenvalue weighted by Gasteiger charge is 2.30. The second-order valence-electron chi connectivity index (χ2n) is 7.62. The molecule has 2 heterocycles. The van der Waals surface area contributed by atoms with Crippen LogP contribution in [0.15, 0.2) is 48.5 Å². The molecule has 30 heavy (non-hydrogen) atoms. The van der Waals surface area contributed by atoms with E-state index in [-0.39, 0.29) is 23.6 Å². The molecule has 0 spiro atoms. The molecule has 0 radical (unpaired) electrons. The summed E-state index contributed by atoms with van der Waals surface area (Å²) in [7, 11) is 1.57. The van der Waals surface area contributed by atoms with Gasteiger partial charge in [0, 0.05) is 48.9 Å². The molecule has 4 rings (SSSR count). The SMILES string of the molecule is COc1cccc(C(=O)[C@@H]2CCCN(C(=O)c3cccc(N4CCNC4=O)c3)C2)c1. The van der Waals surface area contributed by atoms with Crippen LogP contribution in [-0.2, 0) is 0 Å². The van der Waals surface area contributed by atoms with Gasteiger partial charge < -0.3 is 15.0 Å². The molecule has 7 nitrogen and oxygen atoms in total. The number of carbonyl (C=O) groups excluding carboxylic acids is 3. The maximum atomic E-state index is 13.1. The number of hydrogen-bond donors (Lipinski definition) is 1. The molecule has 7 heteroatoms. The summed E-state index contributed by atoms with van der Waals surface area (Å²) in [5, 5.41) is 2.77. The molecule has 2 fully saturated rings. The number of carbonyl (C=O) groups is 3. The molecule has 2 aliphatic rings. The van der Waals surface area contributed by atoms with Crippen molar-refractivity contribution in [3.8, 4) is 5.75 Å². The predicted molar refractivity (Wildman–Crippen MR) is 113 cm³/mol. The Morgan fingerprint density at radius 3 is 2.63 bits per heavy atom. The number of anilines is 1. The van der Waals surface area contributed by atoms with Gasteiger partial charge in [-0.3, -0.25) is 14.5 Å². The number of Topliss-reactive ketones (excluding diaryl/α,β-unsaturated/α-hetero) is 1. The summed E-state index contributed by atoms with van der Waals surface area (Å²) in [6, 6.07) is 14.1. The number of amides is 3. The number of urea groups is 1. The molecule has 2 aromatic rings. The summed E-state index contributed by atoms with van der Waals surface area (Å²) in [5.74, 6) is 0.336. The standard InChI is InChI=1S/C23H25N3O4/c1-30-20-9-3-5-16(14-20)21(27)18-7-4-11-25(15-18)22(28)17-6-2-8-19(13-17)26-12-10-24-23(26)29/h2-3,5-6,8-9,13-14,18H,4,7,10-12,15H2,1H3,(H,24,29)/t18-/m1/s1. The fourth-order valence-electron chi connectivity index (χ4n) is 4.10. The van der Waals surface area contributed by atoms with Crippen molar-refractivity contribution in [2.45, 2.75) is 12.8 Å². The quantitative estimate of drug-likeness (QED) is 0.773. The van der Waals surface area contributed by atoms with Crippen molar-refractivity contribution in [1.29, 1.82) is 0 Å². The molecular formula is C23H25N3O4. The first-order chi connectivity index (χ1) is 14.6. The summed E-state index contributed by atoms with van der Waals surface area (Å²) in [5.41, 5.74) is 1.84. The third-order valence-electron chi connectivity index (χ3n) is 5.70. The van der Waals surface area contributed by atoms with E-state index in [1.807, 2.05) is 6.07 Å². The number of hydrogen-bond acceptors (Lipinski definition) is 4. The molecule has 156 valence electrons. The lowest BCUT2D eigenvalue weighted by atomic mass is 9.89. The Bertz CT molecular complexity index is 974. The van der Waals surface area contributed by atoms with Gasteiger partial charge in [0.05, 0.1) is 7.11 Å². The Morgan fingerprint density at radius 2 is 1.87 bits per heavy atom. The van der Waals surface area contributed by atoms with Crippen LogP contribution in [0.25, 0.3) is 0 Å². The van der Waals surface area contributed by atoms with Gasteiger partial charge in [-0.1, -0.05) is 18.2 Å². The molecule has 0 bridgehead atoms. The number of rotatable bonds is 5. The molecule has 0 unspecified atom stereocenters. The van der Waals surface area contributed by atoms with Crippen LogP contribution >= 0.6 is 0 Å². The first kappa shape index (κ1) is 19.9. The molecule has 0 aliphatic carbocycles. The lowest BCUT2D eigenvalue weighted by molar-refractivity contribution is 0.0636. The number of ketones is 1. The van der Waals surface area contributed by atoms with E-state index in [9.17, 15) is 14.4 Å². The zero-order valence-electron chi connectivity index (χ0n) is 17.0. The van der Waals surface area contributed by atoms with Gasteiger partial charge in [-0.2, -0.15) is 0 Å². The summed E-state index contributed by atoms with van der Waals surface area (Å²) in [4.78, 5) is 41.4. The minimum atomic E-state index is -0.234. The van der Waals surface area contributed by atoms with Crippen molar-refractivity contribution < 1.29 is 19.1 Å². The third-order valence-corrected chi connectivity index (χ3v) is 5.70. The molecule has 2 aliphatic heterocycles. The maximum Gasteiger partial charge on any atom is 0.321 e. The average molecular weight is 407 g/mol. The van der Waals surface area contributed by atoms with Gasteiger partial charge in [0.2, 0.25) is 0 Å². The normalized spacial score (nSPS) is 18.8. The van der Waals surface area contributed by atoms with Crippen LogP contribution in [0.2, 0.25) is 0 Å². The minimum Gasteiger partial charge on any atom is -0.497 e. The van der Waals surface area contributed by atoms with Gasteiger partial charge >= 0.3 is 6.03 Å². The van der Waals surface area contributed by atoms with Crippen LogP contribution in [-0.4, -0.2) is 55.9 Å². The van der Waals surface area contributed by atoms with Gasteiger partial charge in [0.1, 0.15) is 5.75 Å². The predicted octanol–water partition coefficient (Wildman–Crippen LogP) is 2.96. The zero-order chi connectivity index (χ0) is 21.1. The molecule has 2 aromatic carbocycles. The Labute approximate surface area is 175 Å². The van der Waals surface area contributed by atoms with Crippen LogP contribution in [0.3, 0.4) is 0 Å². The van der Waals surface area contributed by atoms with E-state index in [2.05, 4.69) is 5.32 Å².